The molecule has 3 heterocycles. The third kappa shape index (κ3) is 3.31. The number of para-hydroxylation sites is 1. The molecule has 0 saturated heterocycles. The first-order chi connectivity index (χ1) is 13.7. The van der Waals surface area contributed by atoms with Crippen molar-refractivity contribution in [3.05, 3.63) is 30.5 Å². The lowest BCUT2D eigenvalue weighted by molar-refractivity contribution is 0.172. The van der Waals surface area contributed by atoms with Gasteiger partial charge in [0.15, 0.2) is 17.1 Å². The summed E-state index contributed by atoms with van der Waals surface area (Å²) in [5, 5.41) is 16.1. The van der Waals surface area contributed by atoms with Gasteiger partial charge in [-0.1, -0.05) is 6.07 Å². The van der Waals surface area contributed by atoms with Crippen LogP contribution in [0.2, 0.25) is 0 Å². The van der Waals surface area contributed by atoms with Gasteiger partial charge in [0.1, 0.15) is 30.5 Å². The molecule has 0 unspecified atom stereocenters. The SMILES string of the molecule is CCNC(=O)Nc1cnn2c(NC)cc(Nc3cccc4c3OCCO4)nc12. The number of carbonyl (C=O) groups is 1. The third-order valence-electron chi connectivity index (χ3n) is 4.14. The van der Waals surface area contributed by atoms with E-state index in [1.807, 2.05) is 31.2 Å². The standard InChI is InChI=1S/C18H21N7O3/c1-3-20-18(26)23-12-10-21-25-15(19-2)9-14(24-17(12)25)22-11-5-4-6-13-16(11)28-8-7-27-13/h4-6,9-10,19H,3,7-8H2,1-2H3,(H,22,24)(H2,20,23,26). The Bertz CT molecular complexity index is 1020. The number of hydrogen-bond acceptors (Lipinski definition) is 7. The Morgan fingerprint density at radius 3 is 2.93 bits per heavy atom. The zero-order chi connectivity index (χ0) is 19.5. The van der Waals surface area contributed by atoms with Crippen LogP contribution in [-0.2, 0) is 0 Å². The van der Waals surface area contributed by atoms with Crippen LogP contribution in [0, 0.1) is 0 Å². The number of nitrogens with one attached hydrogen (secondary N) is 4. The highest BCUT2D eigenvalue weighted by Crippen LogP contribution is 2.38. The van der Waals surface area contributed by atoms with E-state index in [-0.39, 0.29) is 6.03 Å². The van der Waals surface area contributed by atoms with E-state index in [9.17, 15) is 4.79 Å². The highest BCUT2D eigenvalue weighted by atomic mass is 16.6. The van der Waals surface area contributed by atoms with E-state index < -0.39 is 0 Å². The molecule has 0 atom stereocenters. The Morgan fingerprint density at radius 2 is 2.11 bits per heavy atom. The largest absolute Gasteiger partial charge is 0.486 e. The molecule has 1 aliphatic heterocycles. The Hall–Kier alpha value is -3.69. The molecule has 2 amide bonds. The number of urea groups is 1. The minimum atomic E-state index is -0.314. The zero-order valence-corrected chi connectivity index (χ0v) is 15.6. The lowest BCUT2D eigenvalue weighted by atomic mass is 10.2. The number of carbonyl (C=O) groups excluding carboxylic acids is 1. The van der Waals surface area contributed by atoms with Crippen LogP contribution in [-0.4, -0.2) is 47.4 Å². The summed E-state index contributed by atoms with van der Waals surface area (Å²) in [6.45, 7) is 3.38. The summed E-state index contributed by atoms with van der Waals surface area (Å²) < 4.78 is 13.0. The first kappa shape index (κ1) is 17.7. The van der Waals surface area contributed by atoms with Gasteiger partial charge in [0, 0.05) is 19.7 Å². The summed E-state index contributed by atoms with van der Waals surface area (Å²) in [6, 6.07) is 7.14. The fraction of sp³-hybridized carbons (Fsp3) is 0.278. The molecule has 1 aliphatic rings. The molecule has 0 fully saturated rings. The molecular weight excluding hydrogens is 362 g/mol. The van der Waals surface area contributed by atoms with Gasteiger partial charge in [-0.2, -0.15) is 9.61 Å². The topological polar surface area (TPSA) is 114 Å². The van der Waals surface area contributed by atoms with E-state index >= 15 is 0 Å². The fourth-order valence-electron chi connectivity index (χ4n) is 2.93. The zero-order valence-electron chi connectivity index (χ0n) is 15.6. The summed E-state index contributed by atoms with van der Waals surface area (Å²) in [5.74, 6) is 2.61. The summed E-state index contributed by atoms with van der Waals surface area (Å²) >= 11 is 0. The Morgan fingerprint density at radius 1 is 1.25 bits per heavy atom. The maximum absolute atomic E-state index is 11.9. The number of anilines is 4. The van der Waals surface area contributed by atoms with Gasteiger partial charge in [0.25, 0.3) is 0 Å². The molecule has 2 aromatic heterocycles. The fourth-order valence-corrected chi connectivity index (χ4v) is 2.93. The maximum Gasteiger partial charge on any atom is 0.319 e. The van der Waals surface area contributed by atoms with Gasteiger partial charge >= 0.3 is 6.03 Å². The third-order valence-corrected chi connectivity index (χ3v) is 4.14. The van der Waals surface area contributed by atoms with Crippen LogP contribution in [0.3, 0.4) is 0 Å². The maximum atomic E-state index is 11.9. The van der Waals surface area contributed by atoms with Crippen LogP contribution < -0.4 is 30.7 Å². The first-order valence-electron chi connectivity index (χ1n) is 8.96. The van der Waals surface area contributed by atoms with Crippen molar-refractivity contribution in [3.63, 3.8) is 0 Å². The number of fused-ring (bicyclic) bond motifs is 2. The highest BCUT2D eigenvalue weighted by molar-refractivity contribution is 5.93. The molecule has 0 saturated carbocycles. The van der Waals surface area contributed by atoms with Gasteiger partial charge in [0.05, 0.1) is 11.9 Å². The molecule has 10 heteroatoms. The number of amides is 2. The molecule has 4 rings (SSSR count). The predicted molar refractivity (Wildman–Crippen MR) is 106 cm³/mol. The minimum Gasteiger partial charge on any atom is -0.486 e. The van der Waals surface area contributed by atoms with Gasteiger partial charge in [-0.25, -0.2) is 9.78 Å². The van der Waals surface area contributed by atoms with Crippen LogP contribution >= 0.6 is 0 Å². The molecule has 10 nitrogen and oxygen atoms in total. The van der Waals surface area contributed by atoms with Crippen molar-refractivity contribution in [2.45, 2.75) is 6.92 Å². The quantitative estimate of drug-likeness (QED) is 0.535. The molecule has 4 N–H and O–H groups in total. The number of benzene rings is 1. The van der Waals surface area contributed by atoms with E-state index in [1.165, 1.54) is 0 Å². The van der Waals surface area contributed by atoms with Crippen LogP contribution in [0.1, 0.15) is 6.92 Å². The van der Waals surface area contributed by atoms with Gasteiger partial charge in [-0.15, -0.1) is 0 Å². The monoisotopic (exact) mass is 383 g/mol. The molecule has 0 spiro atoms. The predicted octanol–water partition coefficient (Wildman–Crippen LogP) is 2.43. The molecular formula is C18H21N7O3. The van der Waals surface area contributed by atoms with Crippen LogP contribution in [0.5, 0.6) is 11.5 Å². The average Bonchev–Trinajstić information content (AvgIpc) is 3.10. The van der Waals surface area contributed by atoms with E-state index in [0.717, 1.165) is 5.69 Å². The number of hydrogen-bond donors (Lipinski definition) is 4. The molecule has 28 heavy (non-hydrogen) atoms. The second kappa shape index (κ2) is 7.51. The van der Waals surface area contributed by atoms with E-state index in [2.05, 4.69) is 31.3 Å². The van der Waals surface area contributed by atoms with Gasteiger partial charge in [-0.3, -0.25) is 0 Å². The van der Waals surface area contributed by atoms with Gasteiger partial charge < -0.3 is 30.7 Å². The molecule has 0 radical (unpaired) electrons. The molecule has 0 aliphatic carbocycles. The van der Waals surface area contributed by atoms with Crippen LogP contribution in [0.25, 0.3) is 5.65 Å². The van der Waals surface area contributed by atoms with E-state index in [4.69, 9.17) is 9.47 Å². The van der Waals surface area contributed by atoms with Crippen molar-refractivity contribution in [3.8, 4) is 11.5 Å². The number of aromatic nitrogens is 3. The summed E-state index contributed by atoms with van der Waals surface area (Å²) in [5.41, 5.74) is 1.75. The minimum absolute atomic E-state index is 0.314. The van der Waals surface area contributed by atoms with Crippen molar-refractivity contribution in [2.24, 2.45) is 0 Å². The van der Waals surface area contributed by atoms with Crippen LogP contribution in [0.4, 0.5) is 27.8 Å². The van der Waals surface area contributed by atoms with Crippen LogP contribution in [0.15, 0.2) is 30.5 Å². The Kier molecular flexibility index (Phi) is 4.75. The van der Waals surface area contributed by atoms with E-state index in [1.54, 1.807) is 17.8 Å². The number of nitrogens with zero attached hydrogens (tertiary/aromatic N) is 3. The average molecular weight is 383 g/mol. The van der Waals surface area contributed by atoms with Crippen molar-refractivity contribution in [1.82, 2.24) is 19.9 Å². The van der Waals surface area contributed by atoms with Crippen molar-refractivity contribution < 1.29 is 14.3 Å². The normalized spacial score (nSPS) is 12.5. The lowest BCUT2D eigenvalue weighted by Crippen LogP contribution is -2.28. The summed E-state index contributed by atoms with van der Waals surface area (Å²) in [6.07, 6.45) is 1.56. The first-order valence-corrected chi connectivity index (χ1v) is 8.96. The Labute approximate surface area is 161 Å². The molecule has 3 aromatic rings. The Balaban J connectivity index is 1.71. The van der Waals surface area contributed by atoms with Crippen molar-refractivity contribution >= 4 is 34.7 Å². The van der Waals surface area contributed by atoms with Gasteiger partial charge in [-0.05, 0) is 19.1 Å². The molecule has 146 valence electrons. The van der Waals surface area contributed by atoms with E-state index in [0.29, 0.717) is 54.2 Å². The van der Waals surface area contributed by atoms with Crippen molar-refractivity contribution in [2.75, 3.05) is 42.8 Å². The number of rotatable bonds is 5. The summed E-state index contributed by atoms with van der Waals surface area (Å²) in [7, 11) is 1.79. The highest BCUT2D eigenvalue weighted by Gasteiger charge is 2.18. The lowest BCUT2D eigenvalue weighted by Gasteiger charge is -2.21. The smallest absolute Gasteiger partial charge is 0.319 e. The van der Waals surface area contributed by atoms with Gasteiger partial charge in [0.2, 0.25) is 0 Å². The van der Waals surface area contributed by atoms with Crippen molar-refractivity contribution in [1.29, 1.82) is 0 Å². The second-order valence-corrected chi connectivity index (χ2v) is 6.01. The summed E-state index contributed by atoms with van der Waals surface area (Å²) in [4.78, 5) is 16.5. The molecule has 1 aromatic carbocycles. The second-order valence-electron chi connectivity index (χ2n) is 6.01. The number of ether oxygens (including phenoxy) is 2. The molecule has 0 bridgehead atoms.